The van der Waals surface area contributed by atoms with E-state index in [0.29, 0.717) is 32.2 Å². The van der Waals surface area contributed by atoms with E-state index in [0.717, 1.165) is 0 Å². The van der Waals surface area contributed by atoms with Crippen LogP contribution in [0.1, 0.15) is 66.1 Å². The molecule has 1 fully saturated rings. The van der Waals surface area contributed by atoms with Crippen molar-refractivity contribution >= 4 is 11.9 Å². The Balaban J connectivity index is 2.18. The number of alkyl halides is 1. The summed E-state index contributed by atoms with van der Waals surface area (Å²) in [6.07, 6.45) is 5.04. The second kappa shape index (κ2) is 14.0. The van der Waals surface area contributed by atoms with Crippen LogP contribution in [0.25, 0.3) is 0 Å². The minimum atomic E-state index is -1.01. The van der Waals surface area contributed by atoms with Gasteiger partial charge in [-0.2, -0.15) is 9.97 Å². The van der Waals surface area contributed by atoms with Crippen LogP contribution in [0.3, 0.4) is 0 Å². The van der Waals surface area contributed by atoms with Gasteiger partial charge in [0.25, 0.3) is 0 Å². The third kappa shape index (κ3) is 9.52. The van der Waals surface area contributed by atoms with Gasteiger partial charge in [-0.25, -0.2) is 9.18 Å². The number of hydrogen-bond acceptors (Lipinski definition) is 9. The highest BCUT2D eigenvalue weighted by molar-refractivity contribution is 5.93. The smallest absolute Gasteiger partial charge is 0.410 e. The van der Waals surface area contributed by atoms with Gasteiger partial charge >= 0.3 is 6.09 Å². The number of oxime groups is 1. The van der Waals surface area contributed by atoms with Crippen LogP contribution in [0.5, 0.6) is 11.8 Å². The molecule has 2 heterocycles. The molecular weight excluding hydrogens is 495 g/mol. The average Bonchev–Trinajstić information content (AvgIpc) is 2.82. The number of rotatable bonds is 11. The predicted octanol–water partition coefficient (Wildman–Crippen LogP) is 3.09. The number of aromatic nitrogens is 2. The number of piperidine rings is 1. The molecule has 1 aromatic heterocycles. The van der Waals surface area contributed by atoms with Gasteiger partial charge in [-0.05, 0) is 47.1 Å². The number of nitrogens with zero attached hydrogens (tertiary/aromatic N) is 4. The van der Waals surface area contributed by atoms with E-state index >= 15 is 0 Å². The maximum absolute atomic E-state index is 14.1. The minimum absolute atomic E-state index is 0.0789. The summed E-state index contributed by atoms with van der Waals surface area (Å²) in [5.74, 6) is 2.41. The fraction of sp³-hybridized carbons (Fsp3) is 0.692. The van der Waals surface area contributed by atoms with E-state index in [1.54, 1.807) is 11.9 Å². The van der Waals surface area contributed by atoms with Crippen LogP contribution in [-0.2, 0) is 4.74 Å². The second-order valence-electron chi connectivity index (χ2n) is 10.5. The summed E-state index contributed by atoms with van der Waals surface area (Å²) in [4.78, 5) is 22.8. The average molecular weight is 537 g/mol. The van der Waals surface area contributed by atoms with Gasteiger partial charge in [-0.15, -0.1) is 12.3 Å². The number of hydrogen-bond donors (Lipinski definition) is 3. The third-order valence-corrected chi connectivity index (χ3v) is 6.11. The fourth-order valence-corrected chi connectivity index (χ4v) is 4.07. The molecule has 212 valence electrons. The zero-order valence-corrected chi connectivity index (χ0v) is 23.1. The lowest BCUT2D eigenvalue weighted by atomic mass is 9.97. The van der Waals surface area contributed by atoms with E-state index in [-0.39, 0.29) is 54.1 Å². The first kappa shape index (κ1) is 30.9. The molecule has 4 N–H and O–H groups in total. The Hall–Kier alpha value is -3.33. The zero-order valence-electron chi connectivity index (χ0n) is 23.1. The van der Waals surface area contributed by atoms with Gasteiger partial charge in [-0.1, -0.05) is 12.1 Å². The number of amides is 1. The Kier molecular flexibility index (Phi) is 11.4. The molecule has 38 heavy (non-hydrogen) atoms. The van der Waals surface area contributed by atoms with E-state index in [4.69, 9.17) is 31.6 Å². The number of nitrogens with two attached hydrogens (primary N) is 1. The summed E-state index contributed by atoms with van der Waals surface area (Å²) in [5, 5.41) is 15.0. The first-order valence-electron chi connectivity index (χ1n) is 12.8. The first-order valence-corrected chi connectivity index (χ1v) is 12.8. The highest BCUT2D eigenvalue weighted by Crippen LogP contribution is 2.27. The van der Waals surface area contributed by atoms with Gasteiger partial charge in [0.2, 0.25) is 23.4 Å². The Morgan fingerprint density at radius 3 is 2.68 bits per heavy atom. The molecule has 0 aromatic carbocycles. The van der Waals surface area contributed by atoms with E-state index in [9.17, 15) is 9.18 Å². The summed E-state index contributed by atoms with van der Waals surface area (Å²) in [6, 6.07) is 1.23. The number of likely N-dealkylation sites (tertiary alicyclic amines) is 1. The fourth-order valence-electron chi connectivity index (χ4n) is 4.07. The summed E-state index contributed by atoms with van der Waals surface area (Å²) < 4.78 is 31.7. The van der Waals surface area contributed by atoms with Crippen molar-refractivity contribution in [1.82, 2.24) is 20.2 Å². The lowest BCUT2D eigenvalue weighted by molar-refractivity contribution is -0.00377. The van der Waals surface area contributed by atoms with Crippen LogP contribution in [0, 0.1) is 18.3 Å². The molecule has 5 atom stereocenters. The molecule has 12 heteroatoms. The SMILES string of the molecule is C#CC[C@@H]1C[C@@H](Oc2cc(O[C@@H](C)[C@@H](C)C[C@@H](F)CNC)nc(C(N)=NO)n2)CCN1C(=O)OC(C)(C)C. The lowest BCUT2D eigenvalue weighted by Gasteiger charge is -2.39. The van der Waals surface area contributed by atoms with E-state index in [1.165, 1.54) is 6.07 Å². The van der Waals surface area contributed by atoms with Crippen molar-refractivity contribution in [2.75, 3.05) is 20.1 Å². The van der Waals surface area contributed by atoms with Gasteiger partial charge in [0, 0.05) is 38.4 Å². The van der Waals surface area contributed by atoms with Crippen LogP contribution >= 0.6 is 0 Å². The zero-order chi connectivity index (χ0) is 28.5. The number of terminal acetylenes is 1. The van der Waals surface area contributed by atoms with Gasteiger partial charge in [-0.3, -0.25) is 0 Å². The number of halogens is 1. The van der Waals surface area contributed by atoms with Crippen molar-refractivity contribution in [3.63, 3.8) is 0 Å². The van der Waals surface area contributed by atoms with Gasteiger partial charge in [0.1, 0.15) is 24.0 Å². The van der Waals surface area contributed by atoms with Crippen molar-refractivity contribution < 1.29 is 28.6 Å². The van der Waals surface area contributed by atoms with Gasteiger partial charge in [0.15, 0.2) is 0 Å². The Bertz CT molecular complexity index is 995. The molecule has 1 amide bonds. The third-order valence-electron chi connectivity index (χ3n) is 6.11. The Morgan fingerprint density at radius 2 is 2.08 bits per heavy atom. The van der Waals surface area contributed by atoms with Crippen molar-refractivity contribution in [2.45, 2.75) is 90.3 Å². The molecule has 1 aliphatic rings. The maximum atomic E-state index is 14.1. The van der Waals surface area contributed by atoms with E-state index < -0.39 is 17.9 Å². The Morgan fingerprint density at radius 1 is 1.39 bits per heavy atom. The summed E-state index contributed by atoms with van der Waals surface area (Å²) in [6.45, 7) is 9.78. The topological polar surface area (TPSA) is 144 Å². The molecule has 11 nitrogen and oxygen atoms in total. The Labute approximate surface area is 224 Å². The molecule has 1 saturated heterocycles. The standard InChI is InChI=1S/C26H41FN6O5/c1-8-9-19-13-20(10-11-33(19)25(34)38-26(4,5)6)37-22-14-21(30-24(31-22)23(28)32-35)36-17(3)16(2)12-18(27)15-29-7/h1,14,16-20,29,35H,9-13,15H2,2-7H3,(H2,28,32)/t16-,17-,18+,19+,20-/m0/s1. The molecule has 0 spiro atoms. The number of ether oxygens (including phenoxy) is 3. The molecule has 1 aliphatic heterocycles. The maximum Gasteiger partial charge on any atom is 0.410 e. The van der Waals surface area contributed by atoms with Crippen molar-refractivity contribution in [3.05, 3.63) is 11.9 Å². The molecule has 0 bridgehead atoms. The molecule has 0 unspecified atom stereocenters. The van der Waals surface area contributed by atoms with Gasteiger partial charge < -0.3 is 35.4 Å². The van der Waals surface area contributed by atoms with Crippen molar-refractivity contribution in [3.8, 4) is 24.1 Å². The van der Waals surface area contributed by atoms with Crippen LogP contribution in [0.2, 0.25) is 0 Å². The molecule has 1 aromatic rings. The molecule has 2 rings (SSSR count). The second-order valence-corrected chi connectivity index (χ2v) is 10.5. The highest BCUT2D eigenvalue weighted by Gasteiger charge is 2.35. The largest absolute Gasteiger partial charge is 0.474 e. The van der Waals surface area contributed by atoms with Crippen molar-refractivity contribution in [2.24, 2.45) is 16.8 Å². The first-order chi connectivity index (χ1) is 17.9. The number of carbonyl (C=O) groups is 1. The monoisotopic (exact) mass is 536 g/mol. The summed E-state index contributed by atoms with van der Waals surface area (Å²) in [5.41, 5.74) is 5.12. The molecule has 0 aliphatic carbocycles. The number of carbonyl (C=O) groups excluding carboxylic acids is 1. The van der Waals surface area contributed by atoms with Crippen LogP contribution in [-0.4, -0.2) is 82.2 Å². The van der Waals surface area contributed by atoms with E-state index in [1.807, 2.05) is 34.6 Å². The van der Waals surface area contributed by atoms with Crippen LogP contribution < -0.4 is 20.5 Å². The van der Waals surface area contributed by atoms with Crippen molar-refractivity contribution in [1.29, 1.82) is 0 Å². The van der Waals surface area contributed by atoms with Gasteiger partial charge in [0.05, 0.1) is 6.07 Å². The summed E-state index contributed by atoms with van der Waals surface area (Å²) >= 11 is 0. The molecular formula is C26H41FN6O5. The van der Waals surface area contributed by atoms with Crippen LogP contribution in [0.15, 0.2) is 11.2 Å². The lowest BCUT2D eigenvalue weighted by Crippen LogP contribution is -2.50. The summed E-state index contributed by atoms with van der Waals surface area (Å²) in [7, 11) is 1.70. The number of nitrogens with one attached hydrogen (secondary N) is 1. The number of amidine groups is 1. The van der Waals surface area contributed by atoms with E-state index in [2.05, 4.69) is 26.4 Å². The highest BCUT2D eigenvalue weighted by atomic mass is 19.1. The molecule has 0 radical (unpaired) electrons. The normalized spacial score (nSPS) is 20.7. The quantitative estimate of drug-likeness (QED) is 0.128. The minimum Gasteiger partial charge on any atom is -0.474 e. The molecule has 0 saturated carbocycles. The van der Waals surface area contributed by atoms with Crippen LogP contribution in [0.4, 0.5) is 9.18 Å². The predicted molar refractivity (Wildman–Crippen MR) is 141 cm³/mol.